The van der Waals surface area contributed by atoms with Crippen molar-refractivity contribution in [1.29, 1.82) is 0 Å². The average molecular weight is 1800 g/mol. The van der Waals surface area contributed by atoms with Crippen LogP contribution >= 0.6 is 0 Å². The molecule has 20 atom stereocenters. The molecule has 1 heterocycles. The zero-order chi connectivity index (χ0) is 95.4. The number of ether oxygens (including phenoxy) is 5. The Morgan fingerprint density at radius 2 is 1.15 bits per heavy atom. The Hall–Kier alpha value is -8.56. The van der Waals surface area contributed by atoms with Crippen molar-refractivity contribution in [3.05, 3.63) is 35.9 Å². The SMILES string of the molecule is CC[C@H](C)[C@@H]([C@@H](CC(=O)N1CCC[C@H]1[C@H](OC)[C@@H](C)C(=O)N[C@@H](Cc1ccccc1)C(=O)NCCCOC(=O)[C@H](C)NC(=O)CCNC(=O)OC[C@H](CC(=O)CNC(=O)CCNC(=O)CCOCC(C)(C)C)C(=O)N[C@@H](CCC(=O)CC[C@H](O)[C@@H](O)[C@H](O)[C@H](O)CO)C(=O)NC[C@H](O)[C@@H](O)[C@H](O)[C@H](O)CO)OC)N(C)C(=O)[C@@H](NC(=O)[C@H](C(C)C)N(C)C)C(C)C. The topological polar surface area (TPSA) is 605 Å². The molecule has 0 aromatic heterocycles. The van der Waals surface area contributed by atoms with Crippen LogP contribution in [0.5, 0.6) is 0 Å². The molecule has 11 amide bonds. The van der Waals surface area contributed by atoms with E-state index in [2.05, 4.69) is 47.9 Å². The number of nitrogens with zero attached hydrogens (tertiary/aromatic N) is 3. The molecule has 19 N–H and O–H groups in total. The number of aliphatic hydroxyl groups is 10. The molecule has 1 fully saturated rings. The molecule has 0 saturated carbocycles. The zero-order valence-corrected chi connectivity index (χ0v) is 76.0. The van der Waals surface area contributed by atoms with Gasteiger partial charge in [-0.15, -0.1) is 0 Å². The number of methoxy groups -OCH3 is 2. The smallest absolute Gasteiger partial charge is 0.407 e. The van der Waals surface area contributed by atoms with E-state index in [1.807, 2.05) is 81.3 Å². The Morgan fingerprint density at radius 3 is 1.73 bits per heavy atom. The van der Waals surface area contributed by atoms with Crippen LogP contribution in [0.1, 0.15) is 165 Å². The zero-order valence-electron chi connectivity index (χ0n) is 76.0. The summed E-state index contributed by atoms with van der Waals surface area (Å²) >= 11 is 0. The van der Waals surface area contributed by atoms with E-state index in [1.165, 1.54) is 21.1 Å². The van der Waals surface area contributed by atoms with E-state index in [4.69, 9.17) is 28.8 Å². The molecule has 0 unspecified atom stereocenters. The first-order chi connectivity index (χ1) is 59.2. The third-order valence-corrected chi connectivity index (χ3v) is 21.7. The third-order valence-electron chi connectivity index (χ3n) is 21.7. The van der Waals surface area contributed by atoms with E-state index < -0.39 is 258 Å². The first kappa shape index (κ1) is 114. The number of alkyl carbamates (subject to hydrolysis) is 1. The maximum absolute atomic E-state index is 14.6. The highest BCUT2D eigenvalue weighted by Crippen LogP contribution is 2.31. The molecule has 1 aliphatic heterocycles. The van der Waals surface area contributed by atoms with Crippen LogP contribution in [0.3, 0.4) is 0 Å². The lowest BCUT2D eigenvalue weighted by Crippen LogP contribution is -2.59. The summed E-state index contributed by atoms with van der Waals surface area (Å²) in [7, 11) is 8.22. The number of benzene rings is 1. The van der Waals surface area contributed by atoms with Crippen molar-refractivity contribution < 1.29 is 142 Å². The van der Waals surface area contributed by atoms with Crippen molar-refractivity contribution in [2.45, 2.75) is 269 Å². The number of ketones is 2. The quantitative estimate of drug-likeness (QED) is 0.0220. The lowest BCUT2D eigenvalue weighted by molar-refractivity contribution is -0.148. The second-order valence-corrected chi connectivity index (χ2v) is 34.3. The summed E-state index contributed by atoms with van der Waals surface area (Å²) in [5.74, 6) is -11.8. The number of nitrogens with one attached hydrogen (secondary N) is 9. The van der Waals surface area contributed by atoms with Gasteiger partial charge in [-0.25, -0.2) is 9.59 Å². The fourth-order valence-electron chi connectivity index (χ4n) is 14.2. The highest BCUT2D eigenvalue weighted by molar-refractivity contribution is 5.94. The maximum atomic E-state index is 14.6. The first-order valence-corrected chi connectivity index (χ1v) is 43.2. The van der Waals surface area contributed by atoms with Gasteiger partial charge in [-0.05, 0) is 81.9 Å². The minimum Gasteiger partial charge on any atom is -0.464 e. The van der Waals surface area contributed by atoms with Crippen molar-refractivity contribution in [3.63, 3.8) is 0 Å². The summed E-state index contributed by atoms with van der Waals surface area (Å²) in [6.45, 7) is 15.8. The van der Waals surface area contributed by atoms with Crippen molar-refractivity contribution in [2.24, 2.45) is 35.0 Å². The van der Waals surface area contributed by atoms with Crippen LogP contribution < -0.4 is 47.9 Å². The number of rotatable bonds is 62. The molecule has 1 saturated heterocycles. The molecule has 0 spiro atoms. The van der Waals surface area contributed by atoms with E-state index in [0.29, 0.717) is 38.0 Å². The van der Waals surface area contributed by atoms with Crippen LogP contribution in [0.2, 0.25) is 0 Å². The van der Waals surface area contributed by atoms with E-state index in [9.17, 15) is 113 Å². The Kier molecular flexibility index (Phi) is 53.0. The monoisotopic (exact) mass is 1800 g/mol. The van der Waals surface area contributed by atoms with Gasteiger partial charge in [-0.2, -0.15) is 0 Å². The second-order valence-electron chi connectivity index (χ2n) is 34.3. The van der Waals surface area contributed by atoms with Crippen molar-refractivity contribution >= 4 is 82.7 Å². The minimum absolute atomic E-state index is 0.00239. The van der Waals surface area contributed by atoms with E-state index in [1.54, 1.807) is 54.1 Å². The number of aliphatic hydroxyl groups excluding tert-OH is 10. The van der Waals surface area contributed by atoms with Crippen LogP contribution in [0.25, 0.3) is 0 Å². The number of amides is 11. The van der Waals surface area contributed by atoms with Gasteiger partial charge in [0, 0.05) is 98.9 Å². The van der Waals surface area contributed by atoms with Crippen molar-refractivity contribution in [2.75, 3.05) is 114 Å². The summed E-state index contributed by atoms with van der Waals surface area (Å²) in [6.07, 6.45) is -20.9. The predicted octanol–water partition coefficient (Wildman–Crippen LogP) is -3.72. The fraction of sp³-hybridized carbons (Fsp3) is 0.765. The van der Waals surface area contributed by atoms with Gasteiger partial charge in [-0.1, -0.05) is 106 Å². The normalized spacial score (nSPS) is 17.5. The molecule has 126 heavy (non-hydrogen) atoms. The molecule has 41 heteroatoms. The molecule has 720 valence electrons. The Bertz CT molecular complexity index is 3540. The molecule has 1 aliphatic rings. The number of carbonyl (C=O) groups is 14. The molecular formula is C85H146N12O29. The van der Waals surface area contributed by atoms with Gasteiger partial charge in [0.15, 0.2) is 5.78 Å². The van der Waals surface area contributed by atoms with Gasteiger partial charge in [-0.3, -0.25) is 62.4 Å². The maximum Gasteiger partial charge on any atom is 0.407 e. The fourth-order valence-corrected chi connectivity index (χ4v) is 14.2. The summed E-state index contributed by atoms with van der Waals surface area (Å²) in [5.41, 5.74) is 0.577. The minimum atomic E-state index is -2.17. The summed E-state index contributed by atoms with van der Waals surface area (Å²) in [4.78, 5) is 196. The summed E-state index contributed by atoms with van der Waals surface area (Å²) in [5, 5.41) is 123. The van der Waals surface area contributed by atoms with Crippen molar-refractivity contribution in [1.82, 2.24) is 62.6 Å². The molecule has 0 radical (unpaired) electrons. The number of carbonyl (C=O) groups excluding carboxylic acids is 14. The van der Waals surface area contributed by atoms with E-state index >= 15 is 0 Å². The largest absolute Gasteiger partial charge is 0.464 e. The highest BCUT2D eigenvalue weighted by Gasteiger charge is 2.45. The van der Waals surface area contributed by atoms with Gasteiger partial charge < -0.3 is 132 Å². The average Bonchev–Trinajstić information content (AvgIpc) is 1.57. The summed E-state index contributed by atoms with van der Waals surface area (Å²) < 4.78 is 28.3. The molecule has 1 aromatic carbocycles. The van der Waals surface area contributed by atoms with Gasteiger partial charge >= 0.3 is 12.1 Å². The second kappa shape index (κ2) is 58.8. The number of likely N-dealkylation sites (N-methyl/N-ethyl adjacent to an activating group) is 2. The van der Waals surface area contributed by atoms with Crippen LogP contribution in [0.4, 0.5) is 4.79 Å². The molecule has 1 aromatic rings. The number of hydrogen-bond acceptors (Lipinski definition) is 30. The van der Waals surface area contributed by atoms with E-state index in [-0.39, 0.29) is 99.3 Å². The predicted molar refractivity (Wildman–Crippen MR) is 457 cm³/mol. The number of hydrogen-bond donors (Lipinski definition) is 19. The Morgan fingerprint density at radius 1 is 0.571 bits per heavy atom. The Labute approximate surface area is 738 Å². The van der Waals surface area contributed by atoms with Gasteiger partial charge in [0.1, 0.15) is 73.2 Å². The molecule has 41 nitrogen and oxygen atoms in total. The standard InChI is InChI=1S/C85H146N12O29/c1-17-50(6)71(96(14)82(119)69(48(2)3)94-81(118)70(49(4)5)95(12)13)64(122-15)41-68(109)97-36-21-25-59(97)76(123-16)51(7)77(114)93-58(39-53-23-19-18-20-24-53)80(117)87-33-22-37-125-83(120)52(8)91-67(108)31-35-88-84(121)126-46-54(40-56(101)42-89-65(106)30-34-86-66(107)32-38-124-47-85(9,10)11)78(115)92-57(79(116)90-43-61(103)73(111)75(113)63(105)45-99)28-26-55(100)27-29-60(102)72(110)74(112)62(104)44-98/h18-20,23-24,48-52,54,57-64,69-76,98-99,102-105,110-113H,17,21-22,25-47H2,1-16H3,(H,86,107)(H,87,117)(H,88,121)(H,89,106)(H,90,116)(H,91,108)(H,92,115)(H,93,114)(H,94,118)/t50-,51+,52-,54-,57-,58-,59-,60-,61-,62+,63+,64+,69-,70-,71-,72+,73+,74+,75+,76+/m0/s1. The van der Waals surface area contributed by atoms with Gasteiger partial charge in [0.25, 0.3) is 0 Å². The number of esters is 1. The van der Waals surface area contributed by atoms with Crippen LogP contribution in [-0.4, -0.2) is 366 Å². The molecular weight excluding hydrogens is 1650 g/mol. The lowest BCUT2D eigenvalue weighted by Gasteiger charge is -2.41. The van der Waals surface area contributed by atoms with Crippen LogP contribution in [0, 0.1) is 35.0 Å². The highest BCUT2D eigenvalue weighted by atomic mass is 16.6. The first-order valence-electron chi connectivity index (χ1n) is 43.2. The van der Waals surface area contributed by atoms with E-state index in [0.717, 1.165) is 0 Å². The third kappa shape index (κ3) is 40.8. The van der Waals surface area contributed by atoms with Crippen LogP contribution in [-0.2, 0) is 92.4 Å². The molecule has 0 aliphatic carbocycles. The van der Waals surface area contributed by atoms with Gasteiger partial charge in [0.05, 0.1) is 100 Å². The van der Waals surface area contributed by atoms with Gasteiger partial charge in [0.2, 0.25) is 59.1 Å². The Balaban J connectivity index is 2.21. The van der Waals surface area contributed by atoms with Crippen molar-refractivity contribution in [3.8, 4) is 0 Å². The number of likely N-dealkylation sites (tertiary alicyclic amines) is 1. The van der Waals surface area contributed by atoms with Crippen LogP contribution in [0.15, 0.2) is 30.3 Å². The molecule has 2 rings (SSSR count). The lowest BCUT2D eigenvalue weighted by atomic mass is 9.89. The molecule has 0 bridgehead atoms. The number of Topliss-reactive ketones (excluding diaryl/α,β-unsaturated/α-hetero) is 2. The summed E-state index contributed by atoms with van der Waals surface area (Å²) in [6, 6.07) is 2.25.